The smallest absolute Gasteiger partial charge is 0.253 e. The second-order valence-electron chi connectivity index (χ2n) is 5.84. The van der Waals surface area contributed by atoms with Gasteiger partial charge in [0.25, 0.3) is 5.91 Å². The van der Waals surface area contributed by atoms with E-state index in [0.29, 0.717) is 29.2 Å². The van der Waals surface area contributed by atoms with Gasteiger partial charge in [-0.3, -0.25) is 4.79 Å². The van der Waals surface area contributed by atoms with Crippen molar-refractivity contribution in [2.75, 3.05) is 26.2 Å². The van der Waals surface area contributed by atoms with E-state index in [0.717, 1.165) is 0 Å². The van der Waals surface area contributed by atoms with Crippen molar-refractivity contribution in [3.8, 4) is 6.07 Å². The number of amides is 1. The van der Waals surface area contributed by atoms with Crippen LogP contribution in [0.2, 0.25) is 5.02 Å². The molecule has 0 atom stereocenters. The maximum atomic E-state index is 12.7. The van der Waals surface area contributed by atoms with Crippen molar-refractivity contribution in [3.63, 3.8) is 0 Å². The molecule has 2 aromatic rings. The number of rotatable bonds is 3. The Kier molecular flexibility index (Phi) is 5.28. The third kappa shape index (κ3) is 3.73. The van der Waals surface area contributed by atoms with Crippen LogP contribution in [0.3, 0.4) is 0 Å². The first-order valence-electron chi connectivity index (χ1n) is 7.97. The molecule has 0 bridgehead atoms. The number of carbonyl (C=O) groups is 1. The zero-order valence-corrected chi connectivity index (χ0v) is 15.4. The molecule has 1 amide bonds. The molecule has 6 nitrogen and oxygen atoms in total. The molecule has 0 aliphatic carbocycles. The molecule has 1 fully saturated rings. The Bertz CT molecular complexity index is 960. The number of hydrogen-bond acceptors (Lipinski definition) is 4. The zero-order valence-electron chi connectivity index (χ0n) is 13.8. The van der Waals surface area contributed by atoms with Gasteiger partial charge in [-0.2, -0.15) is 9.57 Å². The van der Waals surface area contributed by atoms with Gasteiger partial charge in [0, 0.05) is 36.8 Å². The van der Waals surface area contributed by atoms with Gasteiger partial charge in [0.2, 0.25) is 10.0 Å². The molecule has 0 N–H and O–H groups in total. The summed E-state index contributed by atoms with van der Waals surface area (Å²) in [6.07, 6.45) is 0. The van der Waals surface area contributed by atoms with Gasteiger partial charge >= 0.3 is 0 Å². The van der Waals surface area contributed by atoms with Crippen LogP contribution in [-0.4, -0.2) is 49.7 Å². The molecule has 0 spiro atoms. The minimum absolute atomic E-state index is 0.145. The minimum Gasteiger partial charge on any atom is -0.336 e. The Hall–Kier alpha value is -2.40. The van der Waals surface area contributed by atoms with E-state index in [2.05, 4.69) is 0 Å². The van der Waals surface area contributed by atoms with E-state index in [-0.39, 0.29) is 23.9 Å². The number of benzene rings is 2. The molecule has 0 unspecified atom stereocenters. The summed E-state index contributed by atoms with van der Waals surface area (Å²) in [6, 6.07) is 14.5. The third-order valence-corrected chi connectivity index (χ3v) is 6.37. The molecular weight excluding hydrogens is 374 g/mol. The van der Waals surface area contributed by atoms with Crippen molar-refractivity contribution in [3.05, 3.63) is 64.7 Å². The van der Waals surface area contributed by atoms with Crippen LogP contribution in [0.1, 0.15) is 15.9 Å². The van der Waals surface area contributed by atoms with Gasteiger partial charge < -0.3 is 4.90 Å². The van der Waals surface area contributed by atoms with Crippen molar-refractivity contribution in [2.45, 2.75) is 4.90 Å². The monoisotopic (exact) mass is 389 g/mol. The van der Waals surface area contributed by atoms with Gasteiger partial charge in [-0.1, -0.05) is 17.7 Å². The normalized spacial score (nSPS) is 15.5. The van der Waals surface area contributed by atoms with E-state index in [4.69, 9.17) is 16.9 Å². The van der Waals surface area contributed by atoms with Gasteiger partial charge in [0.05, 0.1) is 16.5 Å². The summed E-state index contributed by atoms with van der Waals surface area (Å²) in [7, 11) is -3.64. The summed E-state index contributed by atoms with van der Waals surface area (Å²) in [6.45, 7) is 1.05. The summed E-state index contributed by atoms with van der Waals surface area (Å²) < 4.78 is 26.8. The van der Waals surface area contributed by atoms with E-state index in [1.165, 1.54) is 28.6 Å². The van der Waals surface area contributed by atoms with Crippen molar-refractivity contribution in [1.29, 1.82) is 5.26 Å². The first-order valence-corrected chi connectivity index (χ1v) is 9.79. The van der Waals surface area contributed by atoms with Crippen LogP contribution in [0.15, 0.2) is 53.4 Å². The van der Waals surface area contributed by atoms with Crippen LogP contribution in [0.4, 0.5) is 0 Å². The summed E-state index contributed by atoms with van der Waals surface area (Å²) in [4.78, 5) is 14.3. The lowest BCUT2D eigenvalue weighted by molar-refractivity contribution is 0.0698. The number of nitrogens with zero attached hydrogens (tertiary/aromatic N) is 3. The molecule has 1 saturated heterocycles. The molecule has 26 heavy (non-hydrogen) atoms. The number of carbonyl (C=O) groups excluding carboxylic acids is 1. The molecular formula is C18H16ClN3O3S. The standard InChI is InChI=1S/C18H16ClN3O3S/c19-16-3-1-2-15(12-16)18(23)21-8-10-22(11-9-21)26(24,25)17-6-4-14(13-20)5-7-17/h1-7,12H,8-11H2. The van der Waals surface area contributed by atoms with E-state index in [9.17, 15) is 13.2 Å². The fourth-order valence-corrected chi connectivity index (χ4v) is 4.40. The Morgan fingerprint density at radius 3 is 2.27 bits per heavy atom. The molecule has 1 aliphatic heterocycles. The summed E-state index contributed by atoms with van der Waals surface area (Å²) >= 11 is 5.92. The molecule has 2 aromatic carbocycles. The number of halogens is 1. The van der Waals surface area contributed by atoms with Crippen LogP contribution in [0, 0.1) is 11.3 Å². The first kappa shape index (κ1) is 18.4. The topological polar surface area (TPSA) is 81.5 Å². The second-order valence-corrected chi connectivity index (χ2v) is 8.22. The Morgan fingerprint density at radius 2 is 1.69 bits per heavy atom. The maximum Gasteiger partial charge on any atom is 0.253 e. The van der Waals surface area contributed by atoms with Crippen LogP contribution < -0.4 is 0 Å². The van der Waals surface area contributed by atoms with Gasteiger partial charge in [-0.25, -0.2) is 8.42 Å². The third-order valence-electron chi connectivity index (χ3n) is 4.22. The Balaban J connectivity index is 1.69. The van der Waals surface area contributed by atoms with E-state index < -0.39 is 10.0 Å². The van der Waals surface area contributed by atoms with Gasteiger partial charge in [-0.05, 0) is 42.5 Å². The number of piperazine rings is 1. The summed E-state index contributed by atoms with van der Waals surface area (Å²) in [5, 5.41) is 9.30. The molecule has 0 saturated carbocycles. The summed E-state index contributed by atoms with van der Waals surface area (Å²) in [5.74, 6) is -0.164. The van der Waals surface area contributed by atoms with Crippen molar-refractivity contribution >= 4 is 27.5 Å². The zero-order chi connectivity index (χ0) is 18.7. The predicted octanol–water partition coefficient (Wildman–Crippen LogP) is 2.36. The van der Waals surface area contributed by atoms with E-state index in [1.54, 1.807) is 29.2 Å². The minimum atomic E-state index is -3.64. The molecule has 134 valence electrons. The van der Waals surface area contributed by atoms with E-state index >= 15 is 0 Å². The molecule has 0 radical (unpaired) electrons. The largest absolute Gasteiger partial charge is 0.336 e. The van der Waals surface area contributed by atoms with Gasteiger partial charge in [0.1, 0.15) is 0 Å². The van der Waals surface area contributed by atoms with Gasteiger partial charge in [0.15, 0.2) is 0 Å². The average Bonchev–Trinajstić information content (AvgIpc) is 2.67. The van der Waals surface area contributed by atoms with E-state index in [1.807, 2.05) is 6.07 Å². The Labute approximate surface area is 157 Å². The molecule has 8 heteroatoms. The molecule has 3 rings (SSSR count). The fourth-order valence-electron chi connectivity index (χ4n) is 2.79. The highest BCUT2D eigenvalue weighted by Gasteiger charge is 2.30. The average molecular weight is 390 g/mol. The maximum absolute atomic E-state index is 12.7. The SMILES string of the molecule is N#Cc1ccc(S(=O)(=O)N2CCN(C(=O)c3cccc(Cl)c3)CC2)cc1. The second kappa shape index (κ2) is 7.46. The number of nitriles is 1. The lowest BCUT2D eigenvalue weighted by atomic mass is 10.2. The highest BCUT2D eigenvalue weighted by molar-refractivity contribution is 7.89. The van der Waals surface area contributed by atoms with Crippen LogP contribution in [-0.2, 0) is 10.0 Å². The Morgan fingerprint density at radius 1 is 1.04 bits per heavy atom. The molecule has 1 aliphatic rings. The van der Waals surface area contributed by atoms with Crippen LogP contribution in [0.5, 0.6) is 0 Å². The van der Waals surface area contributed by atoms with Gasteiger partial charge in [-0.15, -0.1) is 0 Å². The molecule has 0 aromatic heterocycles. The van der Waals surface area contributed by atoms with Crippen LogP contribution >= 0.6 is 11.6 Å². The highest BCUT2D eigenvalue weighted by Crippen LogP contribution is 2.19. The first-order chi connectivity index (χ1) is 12.4. The number of sulfonamides is 1. The van der Waals surface area contributed by atoms with Crippen molar-refractivity contribution in [2.24, 2.45) is 0 Å². The van der Waals surface area contributed by atoms with Crippen LogP contribution in [0.25, 0.3) is 0 Å². The lowest BCUT2D eigenvalue weighted by Crippen LogP contribution is -2.50. The van der Waals surface area contributed by atoms with Crippen molar-refractivity contribution < 1.29 is 13.2 Å². The number of hydrogen-bond donors (Lipinski definition) is 0. The predicted molar refractivity (Wildman–Crippen MR) is 97.3 cm³/mol. The summed E-state index contributed by atoms with van der Waals surface area (Å²) in [5.41, 5.74) is 0.891. The lowest BCUT2D eigenvalue weighted by Gasteiger charge is -2.34. The molecule has 1 heterocycles. The van der Waals surface area contributed by atoms with Crippen molar-refractivity contribution in [1.82, 2.24) is 9.21 Å². The fraction of sp³-hybridized carbons (Fsp3) is 0.222. The highest BCUT2D eigenvalue weighted by atomic mass is 35.5. The quantitative estimate of drug-likeness (QED) is 0.806.